The van der Waals surface area contributed by atoms with E-state index < -0.39 is 0 Å². The topological polar surface area (TPSA) is 12.0 Å². The van der Waals surface area contributed by atoms with Crippen LogP contribution in [0, 0.1) is 5.82 Å². The molecule has 2 aromatic carbocycles. The molecule has 0 spiro atoms. The molecule has 1 N–H and O–H groups in total. The number of benzene rings is 2. The highest BCUT2D eigenvalue weighted by atomic mass is 35.5. The highest BCUT2D eigenvalue weighted by Gasteiger charge is 2.05. The SMILES string of the molecule is CC(C)NCc1ccc(Sc2ccc(F)cc2)c(Cl)c1. The van der Waals surface area contributed by atoms with Crippen molar-refractivity contribution in [1.82, 2.24) is 5.32 Å². The lowest BCUT2D eigenvalue weighted by Crippen LogP contribution is -2.21. The quantitative estimate of drug-likeness (QED) is 0.822. The van der Waals surface area contributed by atoms with Gasteiger partial charge in [-0.25, -0.2) is 4.39 Å². The van der Waals surface area contributed by atoms with Crippen molar-refractivity contribution in [2.24, 2.45) is 0 Å². The van der Waals surface area contributed by atoms with Crippen molar-refractivity contribution < 1.29 is 4.39 Å². The molecule has 4 heteroatoms. The smallest absolute Gasteiger partial charge is 0.123 e. The van der Waals surface area contributed by atoms with Gasteiger partial charge in [0.2, 0.25) is 0 Å². The Morgan fingerprint density at radius 1 is 1.15 bits per heavy atom. The molecule has 20 heavy (non-hydrogen) atoms. The summed E-state index contributed by atoms with van der Waals surface area (Å²) in [6.45, 7) is 5.03. The largest absolute Gasteiger partial charge is 0.310 e. The van der Waals surface area contributed by atoms with Crippen LogP contribution < -0.4 is 5.32 Å². The van der Waals surface area contributed by atoms with Crippen molar-refractivity contribution >= 4 is 23.4 Å². The second kappa shape index (κ2) is 7.11. The average molecular weight is 310 g/mol. The molecule has 0 radical (unpaired) electrons. The normalized spacial score (nSPS) is 11.1. The van der Waals surface area contributed by atoms with Crippen LogP contribution in [-0.4, -0.2) is 6.04 Å². The van der Waals surface area contributed by atoms with Gasteiger partial charge in [-0.1, -0.05) is 43.3 Å². The first kappa shape index (κ1) is 15.4. The summed E-state index contributed by atoms with van der Waals surface area (Å²) in [6.07, 6.45) is 0. The number of hydrogen-bond donors (Lipinski definition) is 1. The van der Waals surface area contributed by atoms with Crippen molar-refractivity contribution in [2.75, 3.05) is 0 Å². The Kier molecular flexibility index (Phi) is 5.46. The monoisotopic (exact) mass is 309 g/mol. The van der Waals surface area contributed by atoms with Crippen LogP contribution in [0.3, 0.4) is 0 Å². The molecule has 0 saturated carbocycles. The van der Waals surface area contributed by atoms with Gasteiger partial charge in [-0.15, -0.1) is 0 Å². The predicted octanol–water partition coefficient (Wildman–Crippen LogP) is 5.13. The van der Waals surface area contributed by atoms with Gasteiger partial charge in [0, 0.05) is 22.4 Å². The second-order valence-corrected chi connectivity index (χ2v) is 6.38. The zero-order chi connectivity index (χ0) is 14.5. The van der Waals surface area contributed by atoms with E-state index in [-0.39, 0.29) is 5.82 Å². The fraction of sp³-hybridized carbons (Fsp3) is 0.250. The Labute approximate surface area is 128 Å². The van der Waals surface area contributed by atoms with Gasteiger partial charge >= 0.3 is 0 Å². The van der Waals surface area contributed by atoms with Gasteiger partial charge in [0.15, 0.2) is 0 Å². The summed E-state index contributed by atoms with van der Waals surface area (Å²) in [5, 5.41) is 4.08. The number of nitrogens with one attached hydrogen (secondary N) is 1. The molecule has 1 nitrogen and oxygen atoms in total. The van der Waals surface area contributed by atoms with Crippen LogP contribution >= 0.6 is 23.4 Å². The lowest BCUT2D eigenvalue weighted by Gasteiger charge is -2.10. The molecule has 0 saturated heterocycles. The highest BCUT2D eigenvalue weighted by Crippen LogP contribution is 2.33. The fourth-order valence-electron chi connectivity index (χ4n) is 1.69. The van der Waals surface area contributed by atoms with E-state index in [0.29, 0.717) is 6.04 Å². The number of halogens is 2. The molecule has 0 amide bonds. The zero-order valence-electron chi connectivity index (χ0n) is 11.5. The van der Waals surface area contributed by atoms with Gasteiger partial charge in [-0.3, -0.25) is 0 Å². The van der Waals surface area contributed by atoms with E-state index in [2.05, 4.69) is 25.2 Å². The summed E-state index contributed by atoms with van der Waals surface area (Å²) >= 11 is 7.84. The highest BCUT2D eigenvalue weighted by molar-refractivity contribution is 7.99. The van der Waals surface area contributed by atoms with Crippen molar-refractivity contribution in [3.8, 4) is 0 Å². The fourth-order valence-corrected chi connectivity index (χ4v) is 2.83. The van der Waals surface area contributed by atoms with Crippen LogP contribution in [-0.2, 0) is 6.54 Å². The molecule has 106 valence electrons. The first-order valence-corrected chi connectivity index (χ1v) is 7.69. The Bertz CT molecular complexity index is 569. The van der Waals surface area contributed by atoms with Crippen LogP contribution in [0.4, 0.5) is 4.39 Å². The van der Waals surface area contributed by atoms with Gasteiger partial charge in [0.1, 0.15) is 5.82 Å². The van der Waals surface area contributed by atoms with E-state index >= 15 is 0 Å². The molecule has 0 aliphatic rings. The molecule has 0 aliphatic carbocycles. The van der Waals surface area contributed by atoms with Gasteiger partial charge < -0.3 is 5.32 Å². The van der Waals surface area contributed by atoms with E-state index in [1.54, 1.807) is 12.1 Å². The first-order valence-electron chi connectivity index (χ1n) is 6.50. The standard InChI is InChI=1S/C16H17ClFNS/c1-11(2)19-10-12-3-8-16(15(17)9-12)20-14-6-4-13(18)5-7-14/h3-9,11,19H,10H2,1-2H3. The minimum Gasteiger partial charge on any atom is -0.310 e. The van der Waals surface area contributed by atoms with Gasteiger partial charge in [-0.05, 0) is 42.0 Å². The average Bonchev–Trinajstić information content (AvgIpc) is 2.41. The summed E-state index contributed by atoms with van der Waals surface area (Å²) in [6, 6.07) is 12.9. The van der Waals surface area contributed by atoms with Crippen LogP contribution in [0.25, 0.3) is 0 Å². The Hall–Kier alpha value is -1.03. The summed E-state index contributed by atoms with van der Waals surface area (Å²) in [5.41, 5.74) is 1.16. The Balaban J connectivity index is 2.07. The van der Waals surface area contributed by atoms with E-state index in [4.69, 9.17) is 11.6 Å². The third-order valence-electron chi connectivity index (χ3n) is 2.75. The summed E-state index contributed by atoms with van der Waals surface area (Å²) in [7, 11) is 0. The molecule has 0 fully saturated rings. The molecule has 0 aromatic heterocycles. The van der Waals surface area contributed by atoms with Crippen LogP contribution in [0.2, 0.25) is 5.02 Å². The van der Waals surface area contributed by atoms with E-state index in [1.807, 2.05) is 12.1 Å². The minimum absolute atomic E-state index is 0.226. The molecular formula is C16H17ClFNS. The Morgan fingerprint density at radius 3 is 2.45 bits per heavy atom. The van der Waals surface area contributed by atoms with Gasteiger partial charge in [0.05, 0.1) is 5.02 Å². The maximum absolute atomic E-state index is 12.9. The lowest BCUT2D eigenvalue weighted by molar-refractivity contribution is 0.588. The van der Waals surface area contributed by atoms with E-state index in [9.17, 15) is 4.39 Å². The van der Waals surface area contributed by atoms with Gasteiger partial charge in [0.25, 0.3) is 0 Å². The zero-order valence-corrected chi connectivity index (χ0v) is 13.1. The first-order chi connectivity index (χ1) is 9.54. The molecule has 2 aromatic rings. The third kappa shape index (κ3) is 4.51. The van der Waals surface area contributed by atoms with Crippen molar-refractivity contribution in [3.63, 3.8) is 0 Å². The van der Waals surface area contributed by atoms with Crippen LogP contribution in [0.15, 0.2) is 52.3 Å². The van der Waals surface area contributed by atoms with Gasteiger partial charge in [-0.2, -0.15) is 0 Å². The summed E-state index contributed by atoms with van der Waals surface area (Å²) < 4.78 is 12.9. The maximum atomic E-state index is 12.9. The van der Waals surface area contributed by atoms with E-state index in [0.717, 1.165) is 26.9 Å². The molecular weight excluding hydrogens is 293 g/mol. The van der Waals surface area contributed by atoms with Crippen LogP contribution in [0.1, 0.15) is 19.4 Å². The second-order valence-electron chi connectivity index (χ2n) is 4.86. The molecule has 0 unspecified atom stereocenters. The van der Waals surface area contributed by atoms with Crippen LogP contribution in [0.5, 0.6) is 0 Å². The maximum Gasteiger partial charge on any atom is 0.123 e. The summed E-state index contributed by atoms with van der Waals surface area (Å²) in [5.74, 6) is -0.226. The molecule has 0 bridgehead atoms. The number of rotatable bonds is 5. The molecule has 0 atom stereocenters. The van der Waals surface area contributed by atoms with E-state index in [1.165, 1.54) is 23.9 Å². The van der Waals surface area contributed by atoms with Crippen molar-refractivity contribution in [3.05, 3.63) is 58.9 Å². The van der Waals surface area contributed by atoms with Crippen molar-refractivity contribution in [1.29, 1.82) is 0 Å². The third-order valence-corrected chi connectivity index (χ3v) is 4.26. The molecule has 2 rings (SSSR count). The Morgan fingerprint density at radius 2 is 1.85 bits per heavy atom. The lowest BCUT2D eigenvalue weighted by atomic mass is 10.2. The minimum atomic E-state index is -0.226. The molecule has 0 heterocycles. The predicted molar refractivity (Wildman–Crippen MR) is 84.0 cm³/mol. The molecule has 0 aliphatic heterocycles. The number of hydrogen-bond acceptors (Lipinski definition) is 2. The summed E-state index contributed by atoms with van der Waals surface area (Å²) in [4.78, 5) is 1.95. The van der Waals surface area contributed by atoms with Crippen molar-refractivity contribution in [2.45, 2.75) is 36.2 Å².